The molecule has 1 aliphatic heterocycles. The highest BCUT2D eigenvalue weighted by Gasteiger charge is 2.34. The molecule has 0 aromatic heterocycles. The molecule has 0 radical (unpaired) electrons. The van der Waals surface area contributed by atoms with Crippen molar-refractivity contribution in [3.05, 3.63) is 29.8 Å². The van der Waals surface area contributed by atoms with E-state index in [-0.39, 0.29) is 18.5 Å². The zero-order chi connectivity index (χ0) is 19.3. The van der Waals surface area contributed by atoms with Crippen LogP contribution in [-0.4, -0.2) is 50.0 Å². The van der Waals surface area contributed by atoms with Crippen molar-refractivity contribution in [2.24, 2.45) is 11.8 Å². The first-order chi connectivity index (χ1) is 12.2. The van der Waals surface area contributed by atoms with Crippen molar-refractivity contribution >= 4 is 16.2 Å². The summed E-state index contributed by atoms with van der Waals surface area (Å²) in [6, 6.07) is 7.22. The lowest BCUT2D eigenvalue weighted by Gasteiger charge is -2.32. The van der Waals surface area contributed by atoms with Crippen molar-refractivity contribution in [2.75, 3.05) is 20.2 Å². The first-order valence-electron chi connectivity index (χ1n) is 8.86. The van der Waals surface area contributed by atoms with Gasteiger partial charge in [0.25, 0.3) is 10.2 Å². The minimum Gasteiger partial charge on any atom is -0.496 e. The molecule has 2 unspecified atom stereocenters. The zero-order valence-corrected chi connectivity index (χ0v) is 16.3. The number of hydrogen-bond acceptors (Lipinski definition) is 4. The minimum absolute atomic E-state index is 0.0180. The number of carboxylic acids is 1. The molecule has 2 atom stereocenters. The molecule has 146 valence electrons. The Bertz CT molecular complexity index is 720. The van der Waals surface area contributed by atoms with Gasteiger partial charge >= 0.3 is 5.97 Å². The van der Waals surface area contributed by atoms with Crippen molar-refractivity contribution in [3.8, 4) is 5.75 Å². The van der Waals surface area contributed by atoms with Crippen molar-refractivity contribution in [2.45, 2.75) is 39.2 Å². The van der Waals surface area contributed by atoms with E-state index in [2.05, 4.69) is 4.72 Å². The van der Waals surface area contributed by atoms with Crippen molar-refractivity contribution < 1.29 is 23.1 Å². The molecular formula is C18H28N2O5S. The van der Waals surface area contributed by atoms with Crippen LogP contribution in [0.25, 0.3) is 0 Å². The lowest BCUT2D eigenvalue weighted by molar-refractivity contribution is -0.142. The zero-order valence-electron chi connectivity index (χ0n) is 15.5. The van der Waals surface area contributed by atoms with E-state index < -0.39 is 22.1 Å². The first-order valence-corrected chi connectivity index (χ1v) is 10.3. The van der Waals surface area contributed by atoms with E-state index in [1.807, 2.05) is 38.1 Å². The summed E-state index contributed by atoms with van der Waals surface area (Å²) in [7, 11) is -2.16. The van der Waals surface area contributed by atoms with Crippen LogP contribution in [0, 0.1) is 11.8 Å². The number of para-hydroxylation sites is 1. The Morgan fingerprint density at radius 2 is 2.08 bits per heavy atom. The van der Waals surface area contributed by atoms with Crippen LogP contribution in [0.5, 0.6) is 5.75 Å². The molecule has 8 heteroatoms. The van der Waals surface area contributed by atoms with Gasteiger partial charge in [-0.3, -0.25) is 4.79 Å². The number of methoxy groups -OCH3 is 1. The SMILES string of the molecule is COc1ccccc1CC(NS(=O)(=O)N1CCCC(C(=O)O)C1)C(C)C. The number of hydrogen-bond donors (Lipinski definition) is 2. The second kappa shape index (κ2) is 8.83. The Labute approximate surface area is 155 Å². The Morgan fingerprint density at radius 3 is 2.69 bits per heavy atom. The van der Waals surface area contributed by atoms with Crippen LogP contribution >= 0.6 is 0 Å². The van der Waals surface area contributed by atoms with Crippen LogP contribution in [-0.2, 0) is 21.4 Å². The highest BCUT2D eigenvalue weighted by Crippen LogP contribution is 2.23. The maximum absolute atomic E-state index is 12.8. The summed E-state index contributed by atoms with van der Waals surface area (Å²) in [5.74, 6) is -0.803. The van der Waals surface area contributed by atoms with Gasteiger partial charge in [0.1, 0.15) is 5.75 Å². The largest absolute Gasteiger partial charge is 0.496 e. The Morgan fingerprint density at radius 1 is 1.38 bits per heavy atom. The third-order valence-corrected chi connectivity index (χ3v) is 6.42. The number of aliphatic carboxylic acids is 1. The molecule has 0 bridgehead atoms. The van der Waals surface area contributed by atoms with Gasteiger partial charge in [0.05, 0.1) is 13.0 Å². The van der Waals surface area contributed by atoms with Gasteiger partial charge in [-0.2, -0.15) is 17.4 Å². The average Bonchev–Trinajstić information content (AvgIpc) is 2.61. The van der Waals surface area contributed by atoms with Crippen LogP contribution < -0.4 is 9.46 Å². The third-order valence-electron chi connectivity index (χ3n) is 4.81. The fraction of sp³-hybridized carbons (Fsp3) is 0.611. The van der Waals surface area contributed by atoms with Crippen LogP contribution in [0.15, 0.2) is 24.3 Å². The smallest absolute Gasteiger partial charge is 0.307 e. The van der Waals surface area contributed by atoms with Gasteiger partial charge in [0.15, 0.2) is 0 Å². The number of piperidine rings is 1. The summed E-state index contributed by atoms with van der Waals surface area (Å²) in [4.78, 5) is 11.2. The van der Waals surface area contributed by atoms with Gasteiger partial charge in [-0.25, -0.2) is 0 Å². The average molecular weight is 384 g/mol. The van der Waals surface area contributed by atoms with E-state index >= 15 is 0 Å². The maximum Gasteiger partial charge on any atom is 0.307 e. The minimum atomic E-state index is -3.75. The van der Waals surface area contributed by atoms with Crippen LogP contribution in [0.3, 0.4) is 0 Å². The fourth-order valence-electron chi connectivity index (χ4n) is 3.15. The molecule has 1 aliphatic rings. The second-order valence-corrected chi connectivity index (χ2v) is 8.73. The molecule has 1 heterocycles. The van der Waals surface area contributed by atoms with Crippen LogP contribution in [0.4, 0.5) is 0 Å². The number of ether oxygens (including phenoxy) is 1. The molecule has 0 aliphatic carbocycles. The molecule has 1 aromatic carbocycles. The molecule has 0 spiro atoms. The number of carboxylic acid groups (broad SMARTS) is 1. The van der Waals surface area contributed by atoms with Gasteiger partial charge in [-0.1, -0.05) is 32.0 Å². The van der Waals surface area contributed by atoms with E-state index in [9.17, 15) is 18.3 Å². The second-order valence-electron chi connectivity index (χ2n) is 7.02. The normalized spacial score (nSPS) is 20.1. The van der Waals surface area contributed by atoms with E-state index in [0.717, 1.165) is 11.3 Å². The number of nitrogens with one attached hydrogen (secondary N) is 1. The monoisotopic (exact) mass is 384 g/mol. The molecule has 26 heavy (non-hydrogen) atoms. The summed E-state index contributed by atoms with van der Waals surface area (Å²) >= 11 is 0. The molecule has 1 aromatic rings. The topological polar surface area (TPSA) is 95.9 Å². The molecule has 7 nitrogen and oxygen atoms in total. The van der Waals surface area contributed by atoms with Crippen LogP contribution in [0.2, 0.25) is 0 Å². The van der Waals surface area contributed by atoms with Gasteiger partial charge in [-0.05, 0) is 36.8 Å². The molecule has 1 saturated heterocycles. The quantitative estimate of drug-likeness (QED) is 0.714. The number of nitrogens with zero attached hydrogens (tertiary/aromatic N) is 1. The number of rotatable bonds is 8. The lowest BCUT2D eigenvalue weighted by atomic mass is 9.97. The van der Waals surface area contributed by atoms with E-state index in [4.69, 9.17) is 4.74 Å². The number of carbonyl (C=O) groups is 1. The molecule has 1 fully saturated rings. The van der Waals surface area contributed by atoms with Crippen molar-refractivity contribution in [1.29, 1.82) is 0 Å². The molecule has 2 N–H and O–H groups in total. The first kappa shape index (κ1) is 20.7. The standard InChI is InChI=1S/C18H28N2O5S/c1-13(2)16(11-14-7-4-5-9-17(14)25-3)19-26(23,24)20-10-6-8-15(12-20)18(21)22/h4-5,7,9,13,15-16,19H,6,8,10-12H2,1-3H3,(H,21,22). The van der Waals surface area contributed by atoms with Gasteiger partial charge in [0.2, 0.25) is 0 Å². The highest BCUT2D eigenvalue weighted by molar-refractivity contribution is 7.87. The predicted octanol–water partition coefficient (Wildman–Crippen LogP) is 1.89. The van der Waals surface area contributed by atoms with Crippen LogP contribution in [0.1, 0.15) is 32.3 Å². The van der Waals surface area contributed by atoms with E-state index in [1.54, 1.807) is 7.11 Å². The van der Waals surface area contributed by atoms with Crippen molar-refractivity contribution in [1.82, 2.24) is 9.03 Å². The summed E-state index contributed by atoms with van der Waals surface area (Å²) in [5, 5.41) is 9.19. The lowest BCUT2D eigenvalue weighted by Crippen LogP contribution is -2.51. The molecule has 0 amide bonds. The van der Waals surface area contributed by atoms with Gasteiger partial charge in [-0.15, -0.1) is 0 Å². The van der Waals surface area contributed by atoms with E-state index in [1.165, 1.54) is 4.31 Å². The summed E-state index contributed by atoms with van der Waals surface area (Å²) < 4.78 is 35.0. The summed E-state index contributed by atoms with van der Waals surface area (Å²) in [6.45, 7) is 4.28. The Hall–Kier alpha value is -1.64. The Balaban J connectivity index is 2.14. The fourth-order valence-corrected chi connectivity index (χ4v) is 4.78. The Kier molecular flexibility index (Phi) is 7.02. The number of benzene rings is 1. The molecular weight excluding hydrogens is 356 g/mol. The van der Waals surface area contributed by atoms with Crippen molar-refractivity contribution in [3.63, 3.8) is 0 Å². The van der Waals surface area contributed by atoms with Gasteiger partial charge in [0, 0.05) is 19.1 Å². The maximum atomic E-state index is 12.8. The highest BCUT2D eigenvalue weighted by atomic mass is 32.2. The van der Waals surface area contributed by atoms with E-state index in [0.29, 0.717) is 25.8 Å². The summed E-state index contributed by atoms with van der Waals surface area (Å²) in [5.41, 5.74) is 0.929. The molecule has 0 saturated carbocycles. The summed E-state index contributed by atoms with van der Waals surface area (Å²) in [6.07, 6.45) is 1.56. The predicted molar refractivity (Wildman–Crippen MR) is 99.3 cm³/mol. The van der Waals surface area contributed by atoms with Gasteiger partial charge < -0.3 is 9.84 Å². The third kappa shape index (κ3) is 5.18. The molecule has 2 rings (SSSR count).